The molecule has 1 aliphatic carbocycles. The molecule has 1 aliphatic rings. The van der Waals surface area contributed by atoms with E-state index in [2.05, 4.69) is 12.2 Å². The lowest BCUT2D eigenvalue weighted by Crippen LogP contribution is -2.30. The molecule has 0 aromatic heterocycles. The van der Waals surface area contributed by atoms with E-state index in [-0.39, 0.29) is 11.5 Å². The second kappa shape index (κ2) is 2.49. The minimum atomic E-state index is -0.313. The van der Waals surface area contributed by atoms with Crippen LogP contribution >= 0.6 is 0 Å². The van der Waals surface area contributed by atoms with Gasteiger partial charge in [0.15, 0.2) is 0 Å². The molecule has 0 saturated carbocycles. The first-order chi connectivity index (χ1) is 4.95. The van der Waals surface area contributed by atoms with Gasteiger partial charge in [0.1, 0.15) is 0 Å². The van der Waals surface area contributed by atoms with Crippen LogP contribution in [0.1, 0.15) is 27.7 Å². The van der Waals surface area contributed by atoms with Gasteiger partial charge < -0.3 is 5.11 Å². The second-order valence-electron chi connectivity index (χ2n) is 3.92. The van der Waals surface area contributed by atoms with Gasteiger partial charge >= 0.3 is 0 Å². The summed E-state index contributed by atoms with van der Waals surface area (Å²) < 4.78 is 0. The Labute approximate surface area is 68.4 Å². The molecule has 1 unspecified atom stereocenters. The van der Waals surface area contributed by atoms with E-state index in [9.17, 15) is 5.11 Å². The fraction of sp³-hybridized carbons (Fsp3) is 0.600. The number of hydrogen-bond acceptors (Lipinski definition) is 1. The lowest BCUT2D eigenvalue weighted by Gasteiger charge is -2.32. The van der Waals surface area contributed by atoms with Crippen LogP contribution in [0.3, 0.4) is 0 Å². The smallest absolute Gasteiger partial charge is 0.0838 e. The van der Waals surface area contributed by atoms with E-state index in [1.807, 2.05) is 27.7 Å². The number of hydrogen-bond donors (Lipinski definition) is 1. The first-order valence-corrected chi connectivity index (χ1v) is 4.00. The van der Waals surface area contributed by atoms with Crippen molar-refractivity contribution in [2.24, 2.45) is 5.41 Å². The maximum absolute atomic E-state index is 9.77. The predicted octanol–water partition coefficient (Wildman–Crippen LogP) is 2.28. The van der Waals surface area contributed by atoms with Crippen LogP contribution in [0, 0.1) is 5.41 Å². The van der Waals surface area contributed by atoms with Crippen molar-refractivity contribution in [1.82, 2.24) is 0 Å². The summed E-state index contributed by atoms with van der Waals surface area (Å²) in [7, 11) is 0. The zero-order valence-electron chi connectivity index (χ0n) is 7.68. The maximum Gasteiger partial charge on any atom is 0.0838 e. The molecule has 62 valence electrons. The highest BCUT2D eigenvalue weighted by Gasteiger charge is 2.29. The fourth-order valence-electron chi connectivity index (χ4n) is 1.34. The molecule has 0 spiro atoms. The highest BCUT2D eigenvalue weighted by Crippen LogP contribution is 2.33. The quantitative estimate of drug-likeness (QED) is 0.564. The van der Waals surface area contributed by atoms with Crippen LogP contribution in [0.25, 0.3) is 0 Å². The van der Waals surface area contributed by atoms with Gasteiger partial charge in [-0.1, -0.05) is 26.0 Å². The zero-order chi connectivity index (χ0) is 8.65. The Morgan fingerprint density at radius 1 is 1.36 bits per heavy atom. The number of aliphatic hydroxyl groups is 1. The Kier molecular flexibility index (Phi) is 1.93. The molecule has 0 saturated heterocycles. The molecule has 0 aromatic rings. The third-order valence-electron chi connectivity index (χ3n) is 2.50. The van der Waals surface area contributed by atoms with Crippen molar-refractivity contribution < 1.29 is 5.11 Å². The van der Waals surface area contributed by atoms with Crippen LogP contribution < -0.4 is 0 Å². The van der Waals surface area contributed by atoms with E-state index < -0.39 is 0 Å². The third-order valence-corrected chi connectivity index (χ3v) is 2.50. The average molecular weight is 152 g/mol. The predicted molar refractivity (Wildman–Crippen MR) is 47.3 cm³/mol. The Morgan fingerprint density at radius 3 is 2.36 bits per heavy atom. The zero-order valence-corrected chi connectivity index (χ0v) is 7.68. The molecule has 0 aliphatic heterocycles. The van der Waals surface area contributed by atoms with Crippen LogP contribution in [0.4, 0.5) is 0 Å². The van der Waals surface area contributed by atoms with Gasteiger partial charge in [0, 0.05) is 5.41 Å². The van der Waals surface area contributed by atoms with E-state index in [1.165, 1.54) is 5.57 Å². The summed E-state index contributed by atoms with van der Waals surface area (Å²) in [6.45, 7) is 8.11. The molecule has 1 rings (SSSR count). The molecule has 1 N–H and O–H groups in total. The SMILES string of the molecule is CC1=C(C)C(O)C(C)(C)C=C1. The van der Waals surface area contributed by atoms with Gasteiger partial charge in [-0.3, -0.25) is 0 Å². The van der Waals surface area contributed by atoms with Crippen LogP contribution in [-0.4, -0.2) is 11.2 Å². The molecular weight excluding hydrogens is 136 g/mol. The molecule has 0 fully saturated rings. The summed E-state index contributed by atoms with van der Waals surface area (Å²) in [4.78, 5) is 0. The number of rotatable bonds is 0. The average Bonchev–Trinajstić information content (AvgIpc) is 1.95. The highest BCUT2D eigenvalue weighted by molar-refractivity contribution is 5.33. The minimum Gasteiger partial charge on any atom is -0.388 e. The standard InChI is InChI=1S/C10H16O/c1-7-5-6-10(3,4)9(11)8(7)2/h5-6,9,11H,1-4H3. The van der Waals surface area contributed by atoms with Crippen molar-refractivity contribution >= 4 is 0 Å². The molecule has 0 radical (unpaired) electrons. The normalized spacial score (nSPS) is 29.4. The molecule has 11 heavy (non-hydrogen) atoms. The summed E-state index contributed by atoms with van der Waals surface area (Å²) >= 11 is 0. The summed E-state index contributed by atoms with van der Waals surface area (Å²) in [6.07, 6.45) is 3.84. The fourth-order valence-corrected chi connectivity index (χ4v) is 1.34. The minimum absolute atomic E-state index is 0.0937. The molecule has 1 heteroatoms. The monoisotopic (exact) mass is 152 g/mol. The second-order valence-corrected chi connectivity index (χ2v) is 3.92. The number of aliphatic hydroxyl groups excluding tert-OH is 1. The largest absolute Gasteiger partial charge is 0.388 e. The van der Waals surface area contributed by atoms with E-state index in [1.54, 1.807) is 0 Å². The molecule has 0 amide bonds. The lowest BCUT2D eigenvalue weighted by atomic mass is 9.77. The Hall–Kier alpha value is -0.560. The van der Waals surface area contributed by atoms with E-state index in [0.717, 1.165) is 5.57 Å². The molecule has 0 aromatic carbocycles. The first-order valence-electron chi connectivity index (χ1n) is 4.00. The molecule has 0 heterocycles. The van der Waals surface area contributed by atoms with E-state index in [4.69, 9.17) is 0 Å². The van der Waals surface area contributed by atoms with Gasteiger partial charge in [0.2, 0.25) is 0 Å². The van der Waals surface area contributed by atoms with Gasteiger partial charge in [-0.05, 0) is 25.0 Å². The Bertz CT molecular complexity index is 221. The summed E-state index contributed by atoms with van der Waals surface area (Å²) in [5.74, 6) is 0. The number of allylic oxidation sites excluding steroid dienone is 2. The van der Waals surface area contributed by atoms with Gasteiger partial charge in [-0.2, -0.15) is 0 Å². The van der Waals surface area contributed by atoms with Gasteiger partial charge in [-0.15, -0.1) is 0 Å². The Balaban J connectivity index is 3.01. The van der Waals surface area contributed by atoms with Crippen LogP contribution in [-0.2, 0) is 0 Å². The molecular formula is C10H16O. The summed E-state index contributed by atoms with van der Waals surface area (Å²) in [6, 6.07) is 0. The van der Waals surface area contributed by atoms with Crippen LogP contribution in [0.15, 0.2) is 23.3 Å². The maximum atomic E-state index is 9.77. The van der Waals surface area contributed by atoms with E-state index in [0.29, 0.717) is 0 Å². The van der Waals surface area contributed by atoms with Crippen molar-refractivity contribution in [3.8, 4) is 0 Å². The van der Waals surface area contributed by atoms with Crippen molar-refractivity contribution in [3.63, 3.8) is 0 Å². The lowest BCUT2D eigenvalue weighted by molar-refractivity contribution is 0.112. The van der Waals surface area contributed by atoms with Crippen LogP contribution in [0.5, 0.6) is 0 Å². The highest BCUT2D eigenvalue weighted by atomic mass is 16.3. The summed E-state index contributed by atoms with van der Waals surface area (Å²) in [5, 5.41) is 9.77. The molecule has 0 bridgehead atoms. The topological polar surface area (TPSA) is 20.2 Å². The van der Waals surface area contributed by atoms with Crippen LogP contribution in [0.2, 0.25) is 0 Å². The first kappa shape index (κ1) is 8.54. The molecule has 1 atom stereocenters. The van der Waals surface area contributed by atoms with Crippen molar-refractivity contribution in [3.05, 3.63) is 23.3 Å². The summed E-state index contributed by atoms with van der Waals surface area (Å²) in [5.41, 5.74) is 2.19. The van der Waals surface area contributed by atoms with Crippen molar-refractivity contribution in [1.29, 1.82) is 0 Å². The van der Waals surface area contributed by atoms with E-state index >= 15 is 0 Å². The third kappa shape index (κ3) is 1.38. The molecule has 1 nitrogen and oxygen atoms in total. The van der Waals surface area contributed by atoms with Gasteiger partial charge in [-0.25, -0.2) is 0 Å². The van der Waals surface area contributed by atoms with Crippen molar-refractivity contribution in [2.45, 2.75) is 33.8 Å². The Morgan fingerprint density at radius 2 is 1.91 bits per heavy atom. The van der Waals surface area contributed by atoms with Gasteiger partial charge in [0.25, 0.3) is 0 Å². The van der Waals surface area contributed by atoms with Gasteiger partial charge in [0.05, 0.1) is 6.10 Å². The van der Waals surface area contributed by atoms with Crippen molar-refractivity contribution in [2.75, 3.05) is 0 Å².